The molecule has 0 unspecified atom stereocenters. The SMILES string of the molecule is CCN(CC)P(C)(=N)N(CC)CC. The van der Waals surface area contributed by atoms with E-state index >= 15 is 0 Å². The maximum atomic E-state index is 8.40. The molecule has 0 aromatic carbocycles. The summed E-state index contributed by atoms with van der Waals surface area (Å²) in [5, 5.41) is 8.40. The first-order chi connectivity index (χ1) is 6.04. The molecule has 13 heavy (non-hydrogen) atoms. The van der Waals surface area contributed by atoms with Crippen LogP contribution in [-0.2, 0) is 0 Å². The van der Waals surface area contributed by atoms with Gasteiger partial charge >= 0.3 is 0 Å². The standard InChI is InChI=1S/C9H24N3P/c1-6-11(7-2)13(5,10)12(8-3)9-4/h10H,6-9H2,1-5H3. The lowest BCUT2D eigenvalue weighted by Gasteiger charge is -2.38. The minimum absolute atomic E-state index is 0.987. The van der Waals surface area contributed by atoms with E-state index in [1.807, 2.05) is 0 Å². The zero-order chi connectivity index (χ0) is 10.5. The van der Waals surface area contributed by atoms with Gasteiger partial charge in [0.1, 0.15) is 0 Å². The number of rotatable bonds is 6. The summed E-state index contributed by atoms with van der Waals surface area (Å²) < 4.78 is 4.56. The molecule has 3 nitrogen and oxygen atoms in total. The van der Waals surface area contributed by atoms with Crippen LogP contribution >= 0.6 is 7.36 Å². The topological polar surface area (TPSA) is 30.3 Å². The minimum Gasteiger partial charge on any atom is -0.290 e. The number of hydrogen-bond donors (Lipinski definition) is 1. The molecule has 4 heteroatoms. The second kappa shape index (κ2) is 5.79. The van der Waals surface area contributed by atoms with Crippen LogP contribution in [-0.4, -0.2) is 42.2 Å². The van der Waals surface area contributed by atoms with Crippen LogP contribution in [0.25, 0.3) is 0 Å². The third-order valence-corrected chi connectivity index (χ3v) is 5.90. The smallest absolute Gasteiger partial charge is 0.0907 e. The van der Waals surface area contributed by atoms with Gasteiger partial charge in [0.2, 0.25) is 0 Å². The van der Waals surface area contributed by atoms with Crippen molar-refractivity contribution in [2.45, 2.75) is 27.7 Å². The van der Waals surface area contributed by atoms with Crippen LogP contribution in [0.5, 0.6) is 0 Å². The van der Waals surface area contributed by atoms with E-state index in [1.54, 1.807) is 0 Å². The van der Waals surface area contributed by atoms with Crippen molar-refractivity contribution in [2.24, 2.45) is 0 Å². The Bertz CT molecular complexity index is 158. The van der Waals surface area contributed by atoms with E-state index in [2.05, 4.69) is 43.7 Å². The minimum atomic E-state index is -1.75. The lowest BCUT2D eigenvalue weighted by molar-refractivity contribution is 0.415. The van der Waals surface area contributed by atoms with Gasteiger partial charge in [-0.1, -0.05) is 27.7 Å². The van der Waals surface area contributed by atoms with Crippen molar-refractivity contribution < 1.29 is 0 Å². The molecule has 0 aromatic rings. The van der Waals surface area contributed by atoms with E-state index in [0.717, 1.165) is 26.2 Å². The second-order valence-corrected chi connectivity index (χ2v) is 6.15. The summed E-state index contributed by atoms with van der Waals surface area (Å²) in [5.41, 5.74) is 0. The van der Waals surface area contributed by atoms with Gasteiger partial charge < -0.3 is 0 Å². The van der Waals surface area contributed by atoms with Crippen molar-refractivity contribution in [3.63, 3.8) is 0 Å². The van der Waals surface area contributed by atoms with Gasteiger partial charge in [-0.2, -0.15) is 0 Å². The molecule has 0 bridgehead atoms. The fourth-order valence-corrected chi connectivity index (χ4v) is 4.29. The molecule has 0 aliphatic rings. The van der Waals surface area contributed by atoms with Gasteiger partial charge in [0, 0.05) is 26.2 Å². The summed E-state index contributed by atoms with van der Waals surface area (Å²) in [4.78, 5) is 0. The summed E-state index contributed by atoms with van der Waals surface area (Å²) in [5.74, 6) is 0. The molecule has 1 N–H and O–H groups in total. The van der Waals surface area contributed by atoms with Crippen molar-refractivity contribution in [3.8, 4) is 0 Å². The fraction of sp³-hybridized carbons (Fsp3) is 1.00. The largest absolute Gasteiger partial charge is 0.290 e. The van der Waals surface area contributed by atoms with E-state index in [-0.39, 0.29) is 0 Å². The van der Waals surface area contributed by atoms with E-state index in [4.69, 9.17) is 5.16 Å². The number of nitrogens with one attached hydrogen (secondary N) is 1. The van der Waals surface area contributed by atoms with Crippen LogP contribution in [0.1, 0.15) is 27.7 Å². The van der Waals surface area contributed by atoms with Gasteiger partial charge in [0.25, 0.3) is 0 Å². The average molecular weight is 205 g/mol. The Hall–Kier alpha value is 0.150. The predicted octanol–water partition coefficient (Wildman–Crippen LogP) is 2.91. The van der Waals surface area contributed by atoms with E-state index in [1.165, 1.54) is 0 Å². The molecule has 0 fully saturated rings. The van der Waals surface area contributed by atoms with E-state index in [0.29, 0.717) is 0 Å². The maximum Gasteiger partial charge on any atom is 0.0907 e. The Morgan fingerprint density at radius 2 is 1.08 bits per heavy atom. The molecular formula is C9H24N3P. The summed E-state index contributed by atoms with van der Waals surface area (Å²) in [6.45, 7) is 14.6. The number of hydrogen-bond acceptors (Lipinski definition) is 1. The Kier molecular flexibility index (Phi) is 5.86. The molecule has 0 heterocycles. The molecule has 0 aliphatic heterocycles. The molecule has 0 atom stereocenters. The van der Waals surface area contributed by atoms with Crippen LogP contribution in [0.2, 0.25) is 0 Å². The van der Waals surface area contributed by atoms with Crippen molar-refractivity contribution in [1.29, 1.82) is 5.16 Å². The summed E-state index contributed by atoms with van der Waals surface area (Å²) in [7, 11) is -1.75. The first-order valence-corrected chi connectivity index (χ1v) is 7.31. The Balaban J connectivity index is 4.59. The molecule has 0 amide bonds. The zero-order valence-electron chi connectivity index (χ0n) is 9.67. The molecule has 0 aliphatic carbocycles. The molecule has 80 valence electrons. The molecule has 0 saturated heterocycles. The van der Waals surface area contributed by atoms with Crippen molar-refractivity contribution in [3.05, 3.63) is 0 Å². The van der Waals surface area contributed by atoms with Gasteiger partial charge in [-0.25, -0.2) is 0 Å². The van der Waals surface area contributed by atoms with Crippen LogP contribution in [0.15, 0.2) is 0 Å². The molecule has 0 radical (unpaired) electrons. The van der Waals surface area contributed by atoms with Crippen molar-refractivity contribution in [2.75, 3.05) is 32.8 Å². The third-order valence-electron chi connectivity index (χ3n) is 2.56. The van der Waals surface area contributed by atoms with Gasteiger partial charge in [-0.05, 0) is 6.66 Å². The third kappa shape index (κ3) is 3.08. The van der Waals surface area contributed by atoms with Crippen LogP contribution in [0, 0.1) is 5.16 Å². The Morgan fingerprint density at radius 3 is 1.23 bits per heavy atom. The molecule has 0 rings (SSSR count). The highest BCUT2D eigenvalue weighted by Crippen LogP contribution is 2.49. The van der Waals surface area contributed by atoms with Gasteiger partial charge in [-0.15, -0.1) is 0 Å². The number of nitrogens with zero attached hydrogens (tertiary/aromatic N) is 2. The van der Waals surface area contributed by atoms with Crippen LogP contribution in [0.4, 0.5) is 0 Å². The monoisotopic (exact) mass is 205 g/mol. The maximum absolute atomic E-state index is 8.40. The van der Waals surface area contributed by atoms with Crippen LogP contribution < -0.4 is 0 Å². The Morgan fingerprint density at radius 1 is 0.846 bits per heavy atom. The summed E-state index contributed by atoms with van der Waals surface area (Å²) in [6, 6.07) is 0. The zero-order valence-corrected chi connectivity index (χ0v) is 10.6. The summed E-state index contributed by atoms with van der Waals surface area (Å²) >= 11 is 0. The molecule has 0 aromatic heterocycles. The van der Waals surface area contributed by atoms with Gasteiger partial charge in [0.05, 0.1) is 7.36 Å². The lowest BCUT2D eigenvalue weighted by Crippen LogP contribution is -2.30. The highest BCUT2D eigenvalue weighted by Gasteiger charge is 2.23. The first-order valence-electron chi connectivity index (χ1n) is 5.16. The lowest BCUT2D eigenvalue weighted by atomic mass is 10.7. The average Bonchev–Trinajstić information content (AvgIpc) is 2.07. The fourth-order valence-electron chi connectivity index (χ4n) is 1.73. The van der Waals surface area contributed by atoms with Crippen molar-refractivity contribution >= 4 is 7.36 Å². The van der Waals surface area contributed by atoms with E-state index in [9.17, 15) is 0 Å². The highest BCUT2D eigenvalue weighted by atomic mass is 31.2. The Labute approximate surface area is 83.1 Å². The highest BCUT2D eigenvalue weighted by molar-refractivity contribution is 7.59. The molecular weight excluding hydrogens is 181 g/mol. The van der Waals surface area contributed by atoms with Gasteiger partial charge in [-0.3, -0.25) is 14.5 Å². The predicted molar refractivity (Wildman–Crippen MR) is 61.4 cm³/mol. The van der Waals surface area contributed by atoms with Crippen molar-refractivity contribution in [1.82, 2.24) is 9.34 Å². The normalized spacial score (nSPS) is 12.8. The van der Waals surface area contributed by atoms with Crippen LogP contribution in [0.3, 0.4) is 0 Å². The molecule has 0 spiro atoms. The molecule has 0 saturated carbocycles. The summed E-state index contributed by atoms with van der Waals surface area (Å²) in [6.07, 6.45) is 0. The first kappa shape index (κ1) is 13.2. The quantitative estimate of drug-likeness (QED) is 0.676. The van der Waals surface area contributed by atoms with Gasteiger partial charge in [0.15, 0.2) is 0 Å². The van der Waals surface area contributed by atoms with E-state index < -0.39 is 7.36 Å². The second-order valence-electron chi connectivity index (χ2n) is 3.19.